The lowest BCUT2D eigenvalue weighted by atomic mass is 9.37. The van der Waals surface area contributed by atoms with Crippen molar-refractivity contribution in [1.82, 2.24) is 0 Å². The molecule has 2 aliphatic heterocycles. The van der Waals surface area contributed by atoms with Gasteiger partial charge in [-0.2, -0.15) is 0 Å². The SMILES string of the molecule is CC1(C)C=C2C3CCC4C(CCC5C(C)(C)[C@@H](C6OC[C@H](O)[C@H](O)[C@H]6O[C@@H]6O[C@H](CO)[C@@H](O)[C@H](O)[C@H]6O)CC[C@@]45C)[C@]3(C)CC[C@H]2CC1. The second-order valence-corrected chi connectivity index (χ2v) is 19.0. The van der Waals surface area contributed by atoms with Crippen LogP contribution >= 0.6 is 0 Å². The third kappa shape index (κ3) is 5.51. The van der Waals surface area contributed by atoms with Crippen molar-refractivity contribution >= 4 is 0 Å². The topological polar surface area (TPSA) is 149 Å². The standard InChI is InChI=1S/C39H64O9/c1-36(2)14-11-20-12-15-38(5)22(21(20)17-36)7-8-24-23(38)9-10-28-37(3,4)25(13-16-39(24,28)6)33-34(29(42)26(41)19-46-33)48-35-32(45)31(44)30(43)27(18-40)47-35/h17,20,22-35,40-45H,7-16,18-19H2,1-6H3/t20-,22?,23?,24?,25-,26+,27-,28?,29+,30-,31+,32-,33?,34-,35+,38-,39+/m1/s1. The van der Waals surface area contributed by atoms with Crippen molar-refractivity contribution in [1.29, 1.82) is 0 Å². The van der Waals surface area contributed by atoms with Crippen LogP contribution in [0.5, 0.6) is 0 Å². The van der Waals surface area contributed by atoms with Gasteiger partial charge in [-0.25, -0.2) is 0 Å². The first-order valence-corrected chi connectivity index (χ1v) is 19.2. The van der Waals surface area contributed by atoms with Gasteiger partial charge in [-0.15, -0.1) is 0 Å². The number of fused-ring (bicyclic) bond motifs is 7. The fourth-order valence-corrected chi connectivity index (χ4v) is 13.2. The van der Waals surface area contributed by atoms with E-state index in [0.29, 0.717) is 28.6 Å². The van der Waals surface area contributed by atoms with Gasteiger partial charge in [0.1, 0.15) is 42.7 Å². The Kier molecular flexibility index (Phi) is 9.32. The molecule has 0 aromatic carbocycles. The number of hydrogen-bond donors (Lipinski definition) is 6. The largest absolute Gasteiger partial charge is 0.394 e. The van der Waals surface area contributed by atoms with Crippen LogP contribution in [-0.2, 0) is 14.2 Å². The van der Waals surface area contributed by atoms with Gasteiger partial charge in [0.2, 0.25) is 0 Å². The van der Waals surface area contributed by atoms with E-state index in [-0.39, 0.29) is 23.4 Å². The van der Waals surface area contributed by atoms with Crippen LogP contribution in [0, 0.1) is 57.2 Å². The number of rotatable bonds is 4. The molecule has 0 radical (unpaired) electrons. The van der Waals surface area contributed by atoms with E-state index in [2.05, 4.69) is 47.6 Å². The smallest absolute Gasteiger partial charge is 0.187 e. The Morgan fingerprint density at radius 3 is 2.12 bits per heavy atom. The van der Waals surface area contributed by atoms with Crippen molar-refractivity contribution in [2.24, 2.45) is 57.2 Å². The highest BCUT2D eigenvalue weighted by molar-refractivity contribution is 5.26. The molecule has 17 atom stereocenters. The average Bonchev–Trinajstić information content (AvgIpc) is 3.03. The predicted molar refractivity (Wildman–Crippen MR) is 179 cm³/mol. The van der Waals surface area contributed by atoms with Gasteiger partial charge in [0.05, 0.1) is 19.3 Å². The molecule has 5 aliphatic carbocycles. The minimum Gasteiger partial charge on any atom is -0.394 e. The van der Waals surface area contributed by atoms with Crippen molar-refractivity contribution in [2.75, 3.05) is 13.2 Å². The van der Waals surface area contributed by atoms with Gasteiger partial charge in [0, 0.05) is 0 Å². The molecule has 4 saturated carbocycles. The Balaban J connectivity index is 1.13. The molecule has 5 unspecified atom stereocenters. The van der Waals surface area contributed by atoms with E-state index in [1.54, 1.807) is 5.57 Å². The maximum Gasteiger partial charge on any atom is 0.187 e. The molecular weight excluding hydrogens is 612 g/mol. The van der Waals surface area contributed by atoms with Crippen LogP contribution in [0.15, 0.2) is 11.6 Å². The van der Waals surface area contributed by atoms with Gasteiger partial charge in [-0.3, -0.25) is 0 Å². The number of hydrogen-bond acceptors (Lipinski definition) is 9. The summed E-state index contributed by atoms with van der Waals surface area (Å²) in [6, 6.07) is 0. The summed E-state index contributed by atoms with van der Waals surface area (Å²) < 4.78 is 18.3. The van der Waals surface area contributed by atoms with Crippen molar-refractivity contribution < 1.29 is 44.8 Å². The van der Waals surface area contributed by atoms with Crippen LogP contribution in [0.1, 0.15) is 106 Å². The molecule has 2 heterocycles. The molecule has 7 rings (SSSR count). The minimum absolute atomic E-state index is 0.0150. The van der Waals surface area contributed by atoms with Gasteiger partial charge in [-0.05, 0) is 121 Å². The summed E-state index contributed by atoms with van der Waals surface area (Å²) in [4.78, 5) is 0. The Bertz CT molecular complexity index is 1220. The highest BCUT2D eigenvalue weighted by Gasteiger charge is 2.65. The van der Waals surface area contributed by atoms with Gasteiger partial charge in [-0.1, -0.05) is 53.2 Å². The Morgan fingerprint density at radius 1 is 0.729 bits per heavy atom. The van der Waals surface area contributed by atoms with E-state index >= 15 is 0 Å². The summed E-state index contributed by atoms with van der Waals surface area (Å²) in [6.07, 6.45) is 3.67. The first-order valence-electron chi connectivity index (χ1n) is 19.2. The number of aliphatic hydroxyl groups excluding tert-OH is 6. The average molecular weight is 677 g/mol. The molecule has 7 aliphatic rings. The Morgan fingerprint density at radius 2 is 1.40 bits per heavy atom. The monoisotopic (exact) mass is 676 g/mol. The quantitative estimate of drug-likeness (QED) is 0.244. The summed E-state index contributed by atoms with van der Waals surface area (Å²) in [5, 5.41) is 63.2. The Hall–Kier alpha value is -0.620. The van der Waals surface area contributed by atoms with Crippen LogP contribution in [0.25, 0.3) is 0 Å². The molecule has 274 valence electrons. The van der Waals surface area contributed by atoms with E-state index in [1.807, 2.05) is 0 Å². The molecule has 0 bridgehead atoms. The zero-order chi connectivity index (χ0) is 34.6. The summed E-state index contributed by atoms with van der Waals surface area (Å²) in [6.45, 7) is 14.2. The maximum atomic E-state index is 11.3. The fourth-order valence-electron chi connectivity index (χ4n) is 13.2. The van der Waals surface area contributed by atoms with Crippen molar-refractivity contribution in [2.45, 2.75) is 161 Å². The molecule has 6 fully saturated rings. The summed E-state index contributed by atoms with van der Waals surface area (Å²) in [5.41, 5.74) is 2.49. The molecular formula is C39H64O9. The van der Waals surface area contributed by atoms with Crippen LogP contribution in [0.3, 0.4) is 0 Å². The molecule has 0 aromatic rings. The zero-order valence-corrected chi connectivity index (χ0v) is 30.1. The second kappa shape index (κ2) is 12.5. The molecule has 6 N–H and O–H groups in total. The van der Waals surface area contributed by atoms with Gasteiger partial charge < -0.3 is 44.8 Å². The molecule has 2 saturated heterocycles. The molecule has 9 nitrogen and oxygen atoms in total. The molecule has 0 spiro atoms. The van der Waals surface area contributed by atoms with Crippen molar-refractivity contribution in [3.05, 3.63) is 11.6 Å². The van der Waals surface area contributed by atoms with Crippen LogP contribution in [0.4, 0.5) is 0 Å². The molecule has 0 amide bonds. The maximum absolute atomic E-state index is 11.3. The van der Waals surface area contributed by atoms with E-state index in [1.165, 1.54) is 44.9 Å². The zero-order valence-electron chi connectivity index (χ0n) is 30.1. The molecule has 48 heavy (non-hydrogen) atoms. The lowest BCUT2D eigenvalue weighted by Crippen LogP contribution is -2.66. The van der Waals surface area contributed by atoms with Gasteiger partial charge in [0.25, 0.3) is 0 Å². The summed E-state index contributed by atoms with van der Waals surface area (Å²) >= 11 is 0. The summed E-state index contributed by atoms with van der Waals surface area (Å²) in [7, 11) is 0. The van der Waals surface area contributed by atoms with Gasteiger partial charge in [0.15, 0.2) is 6.29 Å². The highest BCUT2D eigenvalue weighted by atomic mass is 16.7. The van der Waals surface area contributed by atoms with E-state index in [9.17, 15) is 30.6 Å². The number of aliphatic hydroxyl groups is 6. The fraction of sp³-hybridized carbons (Fsp3) is 0.949. The third-order valence-corrected chi connectivity index (χ3v) is 15.8. The molecule has 9 heteroatoms. The lowest BCUT2D eigenvalue weighted by Gasteiger charge is -2.68. The first kappa shape index (κ1) is 35.8. The first-order chi connectivity index (χ1) is 22.5. The lowest BCUT2D eigenvalue weighted by molar-refractivity contribution is -0.342. The van der Waals surface area contributed by atoms with Gasteiger partial charge >= 0.3 is 0 Å². The summed E-state index contributed by atoms with van der Waals surface area (Å²) in [5.74, 6) is 3.37. The molecule has 0 aromatic heterocycles. The van der Waals surface area contributed by atoms with Crippen LogP contribution in [0.2, 0.25) is 0 Å². The Labute approximate surface area is 287 Å². The van der Waals surface area contributed by atoms with E-state index in [4.69, 9.17) is 14.2 Å². The van der Waals surface area contributed by atoms with Crippen molar-refractivity contribution in [3.63, 3.8) is 0 Å². The predicted octanol–water partition coefficient (Wildman–Crippen LogP) is 3.95. The van der Waals surface area contributed by atoms with E-state index < -0.39 is 61.7 Å². The highest BCUT2D eigenvalue weighted by Crippen LogP contribution is 2.71. The van der Waals surface area contributed by atoms with Crippen LogP contribution < -0.4 is 0 Å². The van der Waals surface area contributed by atoms with Crippen LogP contribution in [-0.4, -0.2) is 99.0 Å². The van der Waals surface area contributed by atoms with Crippen molar-refractivity contribution in [3.8, 4) is 0 Å². The third-order valence-electron chi connectivity index (χ3n) is 15.8. The second-order valence-electron chi connectivity index (χ2n) is 19.0. The normalized spacial score (nSPS) is 54.6. The minimum atomic E-state index is -1.60. The number of ether oxygens (including phenoxy) is 3. The van der Waals surface area contributed by atoms with E-state index in [0.717, 1.165) is 31.1 Å². The number of allylic oxidation sites excluding steroid dienone is 2.